The van der Waals surface area contributed by atoms with Crippen LogP contribution < -0.4 is 10.1 Å². The number of nitrogens with zero attached hydrogens (tertiary/aromatic N) is 2. The van der Waals surface area contributed by atoms with Gasteiger partial charge in [0.2, 0.25) is 5.88 Å². The van der Waals surface area contributed by atoms with E-state index in [0.29, 0.717) is 5.75 Å². The first-order valence-corrected chi connectivity index (χ1v) is 5.71. The average molecular weight is 259 g/mol. The van der Waals surface area contributed by atoms with E-state index in [9.17, 15) is 10.1 Å². The van der Waals surface area contributed by atoms with Gasteiger partial charge < -0.3 is 10.1 Å². The molecule has 0 aliphatic rings. The summed E-state index contributed by atoms with van der Waals surface area (Å²) in [4.78, 5) is 14.1. The van der Waals surface area contributed by atoms with E-state index in [4.69, 9.17) is 4.74 Å². The molecule has 0 radical (unpaired) electrons. The van der Waals surface area contributed by atoms with Crippen LogP contribution in [0.2, 0.25) is 0 Å². The minimum atomic E-state index is -0.482. The molecule has 0 amide bonds. The quantitative estimate of drug-likeness (QED) is 0.659. The molecule has 6 heteroatoms. The van der Waals surface area contributed by atoms with Crippen molar-refractivity contribution in [1.82, 2.24) is 10.3 Å². The van der Waals surface area contributed by atoms with Crippen LogP contribution in [-0.2, 0) is 6.54 Å². The molecule has 0 atom stereocenters. The van der Waals surface area contributed by atoms with Crippen LogP contribution in [0.25, 0.3) is 0 Å². The van der Waals surface area contributed by atoms with E-state index in [1.54, 1.807) is 12.1 Å². The number of hydrogen-bond acceptors (Lipinski definition) is 5. The van der Waals surface area contributed by atoms with Crippen molar-refractivity contribution in [2.45, 2.75) is 6.54 Å². The lowest BCUT2D eigenvalue weighted by molar-refractivity contribution is -0.385. The SMILES string of the molecule is CNCc1ccc(Oc2cc([N+](=O)[O-])ccn2)cc1. The molecule has 1 heterocycles. The summed E-state index contributed by atoms with van der Waals surface area (Å²) in [6.45, 7) is 0.773. The van der Waals surface area contributed by atoms with Gasteiger partial charge in [-0.1, -0.05) is 12.1 Å². The highest BCUT2D eigenvalue weighted by Crippen LogP contribution is 2.22. The fraction of sp³-hybridized carbons (Fsp3) is 0.154. The van der Waals surface area contributed by atoms with E-state index in [1.807, 2.05) is 19.2 Å². The second-order valence-electron chi connectivity index (χ2n) is 3.89. The first-order valence-electron chi connectivity index (χ1n) is 5.71. The molecule has 1 aromatic heterocycles. The number of nitrogens with one attached hydrogen (secondary N) is 1. The van der Waals surface area contributed by atoms with Gasteiger partial charge in [0.1, 0.15) is 5.75 Å². The molecular formula is C13H13N3O3. The first kappa shape index (κ1) is 13.0. The summed E-state index contributed by atoms with van der Waals surface area (Å²) in [5.74, 6) is 0.795. The fourth-order valence-electron chi connectivity index (χ4n) is 1.57. The lowest BCUT2D eigenvalue weighted by atomic mass is 10.2. The van der Waals surface area contributed by atoms with Crippen molar-refractivity contribution in [3.8, 4) is 11.6 Å². The third kappa shape index (κ3) is 3.49. The highest BCUT2D eigenvalue weighted by molar-refractivity contribution is 5.36. The molecule has 0 saturated carbocycles. The molecule has 0 spiro atoms. The van der Waals surface area contributed by atoms with Gasteiger partial charge in [-0.25, -0.2) is 4.98 Å². The summed E-state index contributed by atoms with van der Waals surface area (Å²) in [7, 11) is 1.87. The van der Waals surface area contributed by atoms with Crippen LogP contribution in [0.3, 0.4) is 0 Å². The number of pyridine rings is 1. The number of hydrogen-bond donors (Lipinski definition) is 1. The second kappa shape index (κ2) is 5.92. The summed E-state index contributed by atoms with van der Waals surface area (Å²) in [6.07, 6.45) is 1.35. The Morgan fingerprint density at radius 2 is 2.05 bits per heavy atom. The standard InChI is InChI=1S/C13H13N3O3/c1-14-9-10-2-4-12(5-3-10)19-13-8-11(16(17)18)6-7-15-13/h2-8,14H,9H2,1H3. The monoisotopic (exact) mass is 259 g/mol. The summed E-state index contributed by atoms with van der Waals surface area (Å²) >= 11 is 0. The summed E-state index contributed by atoms with van der Waals surface area (Å²) in [6, 6.07) is 10.1. The Balaban J connectivity index is 2.12. The summed E-state index contributed by atoms with van der Waals surface area (Å²) < 4.78 is 5.47. The van der Waals surface area contributed by atoms with Crippen molar-refractivity contribution >= 4 is 5.69 Å². The van der Waals surface area contributed by atoms with Crippen LogP contribution in [-0.4, -0.2) is 17.0 Å². The van der Waals surface area contributed by atoms with Crippen molar-refractivity contribution in [3.63, 3.8) is 0 Å². The van der Waals surface area contributed by atoms with Gasteiger partial charge >= 0.3 is 0 Å². The van der Waals surface area contributed by atoms with Crippen molar-refractivity contribution in [3.05, 3.63) is 58.3 Å². The number of aromatic nitrogens is 1. The lowest BCUT2D eigenvalue weighted by Crippen LogP contribution is -2.04. The normalized spacial score (nSPS) is 10.2. The van der Waals surface area contributed by atoms with Gasteiger partial charge in [0.15, 0.2) is 0 Å². The van der Waals surface area contributed by atoms with E-state index >= 15 is 0 Å². The van der Waals surface area contributed by atoms with Crippen LogP contribution in [0.1, 0.15) is 5.56 Å². The number of rotatable bonds is 5. The maximum Gasteiger partial charge on any atom is 0.276 e. The Labute approximate surface area is 110 Å². The van der Waals surface area contributed by atoms with Gasteiger partial charge in [-0.3, -0.25) is 10.1 Å². The molecule has 6 nitrogen and oxygen atoms in total. The van der Waals surface area contributed by atoms with Crippen molar-refractivity contribution < 1.29 is 9.66 Å². The van der Waals surface area contributed by atoms with Crippen molar-refractivity contribution in [2.24, 2.45) is 0 Å². The lowest BCUT2D eigenvalue weighted by Gasteiger charge is -2.05. The van der Waals surface area contributed by atoms with Crippen molar-refractivity contribution in [2.75, 3.05) is 7.05 Å². The zero-order valence-corrected chi connectivity index (χ0v) is 10.4. The average Bonchev–Trinajstić information content (AvgIpc) is 2.42. The number of ether oxygens (including phenoxy) is 1. The number of nitro groups is 1. The maximum atomic E-state index is 10.6. The van der Waals surface area contributed by atoms with Crippen molar-refractivity contribution in [1.29, 1.82) is 0 Å². The third-order valence-corrected chi connectivity index (χ3v) is 2.46. The molecule has 2 aromatic rings. The summed E-state index contributed by atoms with van der Waals surface area (Å²) in [5, 5.41) is 13.7. The molecule has 0 aliphatic heterocycles. The minimum absolute atomic E-state index is 0.0446. The van der Waals surface area contributed by atoms with E-state index in [-0.39, 0.29) is 11.6 Å². The van der Waals surface area contributed by atoms with Crippen LogP contribution in [0.5, 0.6) is 11.6 Å². The zero-order chi connectivity index (χ0) is 13.7. The number of benzene rings is 1. The van der Waals surface area contributed by atoms with Crippen LogP contribution >= 0.6 is 0 Å². The van der Waals surface area contributed by atoms with Gasteiger partial charge in [0, 0.05) is 18.8 Å². The van der Waals surface area contributed by atoms with E-state index in [1.165, 1.54) is 18.3 Å². The molecule has 0 aliphatic carbocycles. The predicted molar refractivity (Wildman–Crippen MR) is 70.2 cm³/mol. The molecule has 0 unspecified atom stereocenters. The Bertz CT molecular complexity index is 570. The highest BCUT2D eigenvalue weighted by atomic mass is 16.6. The molecule has 0 bridgehead atoms. The largest absolute Gasteiger partial charge is 0.439 e. The molecule has 1 N–H and O–H groups in total. The zero-order valence-electron chi connectivity index (χ0n) is 10.4. The van der Waals surface area contributed by atoms with Gasteiger partial charge in [0.25, 0.3) is 5.69 Å². The maximum absolute atomic E-state index is 10.6. The molecule has 0 saturated heterocycles. The van der Waals surface area contributed by atoms with Gasteiger partial charge in [-0.05, 0) is 24.7 Å². The smallest absolute Gasteiger partial charge is 0.276 e. The van der Waals surface area contributed by atoms with Crippen LogP contribution in [0.4, 0.5) is 5.69 Å². The van der Waals surface area contributed by atoms with Crippen LogP contribution in [0.15, 0.2) is 42.6 Å². The molecule has 98 valence electrons. The fourth-order valence-corrected chi connectivity index (χ4v) is 1.57. The Morgan fingerprint density at radius 1 is 1.32 bits per heavy atom. The topological polar surface area (TPSA) is 77.3 Å². The van der Waals surface area contributed by atoms with Gasteiger partial charge in [-0.15, -0.1) is 0 Å². The van der Waals surface area contributed by atoms with E-state index in [2.05, 4.69) is 10.3 Å². The minimum Gasteiger partial charge on any atom is -0.439 e. The molecule has 19 heavy (non-hydrogen) atoms. The Hall–Kier alpha value is -2.47. The Morgan fingerprint density at radius 3 is 2.68 bits per heavy atom. The van der Waals surface area contributed by atoms with Gasteiger partial charge in [-0.2, -0.15) is 0 Å². The molecule has 2 rings (SSSR count). The van der Waals surface area contributed by atoms with E-state index < -0.39 is 4.92 Å². The Kier molecular flexibility index (Phi) is 4.04. The van der Waals surface area contributed by atoms with Gasteiger partial charge in [0.05, 0.1) is 11.0 Å². The molecular weight excluding hydrogens is 246 g/mol. The van der Waals surface area contributed by atoms with E-state index in [0.717, 1.165) is 12.1 Å². The highest BCUT2D eigenvalue weighted by Gasteiger charge is 2.08. The first-order chi connectivity index (χ1) is 9.19. The molecule has 0 fully saturated rings. The third-order valence-electron chi connectivity index (χ3n) is 2.46. The summed E-state index contributed by atoms with van der Waals surface area (Å²) in [5.41, 5.74) is 1.08. The molecule has 1 aromatic carbocycles. The predicted octanol–water partition coefficient (Wildman–Crippen LogP) is 2.50. The van der Waals surface area contributed by atoms with Crippen LogP contribution in [0, 0.1) is 10.1 Å². The second-order valence-corrected chi connectivity index (χ2v) is 3.89.